The fraction of sp³-hybridized carbons (Fsp3) is 0.400. The Balaban J connectivity index is 2.52. The van der Waals surface area contributed by atoms with Gasteiger partial charge in [-0.25, -0.2) is 4.79 Å². The van der Waals surface area contributed by atoms with Crippen molar-refractivity contribution in [1.82, 2.24) is 5.32 Å². The Kier molecular flexibility index (Phi) is 5.90. The van der Waals surface area contributed by atoms with E-state index >= 15 is 0 Å². The molecule has 0 saturated heterocycles. The second kappa shape index (κ2) is 7.42. The van der Waals surface area contributed by atoms with E-state index in [-0.39, 0.29) is 23.8 Å². The van der Waals surface area contributed by atoms with E-state index in [1.54, 1.807) is 26.0 Å². The third-order valence-electron chi connectivity index (χ3n) is 3.13. The Morgan fingerprint density at radius 3 is 2.19 bits per heavy atom. The number of benzene rings is 1. The zero-order valence-corrected chi connectivity index (χ0v) is 12.1. The molecule has 6 heteroatoms. The highest BCUT2D eigenvalue weighted by Crippen LogP contribution is 2.08. The molecule has 0 fully saturated rings. The number of hydrogen-bond donors (Lipinski definition) is 3. The van der Waals surface area contributed by atoms with Gasteiger partial charge in [0.25, 0.3) is 0 Å². The minimum Gasteiger partial charge on any atom is -0.478 e. The molecule has 0 aromatic heterocycles. The summed E-state index contributed by atoms with van der Waals surface area (Å²) < 4.78 is 0. The van der Waals surface area contributed by atoms with Gasteiger partial charge in [-0.2, -0.15) is 0 Å². The van der Waals surface area contributed by atoms with Crippen LogP contribution in [-0.2, 0) is 16.0 Å². The number of carbonyl (C=O) groups is 3. The topological polar surface area (TPSA) is 109 Å². The first-order chi connectivity index (χ1) is 9.81. The SMILES string of the molecule is CC(C)C(NC(=O)CCc1ccc(C(=O)O)cc1)C(N)=O. The molecule has 0 saturated carbocycles. The van der Waals surface area contributed by atoms with E-state index in [1.165, 1.54) is 12.1 Å². The average molecular weight is 292 g/mol. The third-order valence-corrected chi connectivity index (χ3v) is 3.13. The van der Waals surface area contributed by atoms with Crippen molar-refractivity contribution in [3.63, 3.8) is 0 Å². The predicted octanol–water partition coefficient (Wildman–Crippen LogP) is 0.943. The number of carboxylic acid groups (broad SMARTS) is 1. The molecule has 0 radical (unpaired) electrons. The Morgan fingerprint density at radius 1 is 1.19 bits per heavy atom. The van der Waals surface area contributed by atoms with E-state index < -0.39 is 17.9 Å². The van der Waals surface area contributed by atoms with E-state index in [0.29, 0.717) is 6.42 Å². The van der Waals surface area contributed by atoms with Crippen molar-refractivity contribution in [2.24, 2.45) is 11.7 Å². The van der Waals surface area contributed by atoms with Crippen molar-refractivity contribution in [2.45, 2.75) is 32.7 Å². The Bertz CT molecular complexity index is 523. The zero-order valence-electron chi connectivity index (χ0n) is 12.1. The molecular weight excluding hydrogens is 272 g/mol. The molecule has 1 rings (SSSR count). The average Bonchev–Trinajstić information content (AvgIpc) is 2.42. The molecule has 0 spiro atoms. The van der Waals surface area contributed by atoms with Gasteiger partial charge in [0, 0.05) is 6.42 Å². The van der Waals surface area contributed by atoms with Gasteiger partial charge in [-0.15, -0.1) is 0 Å². The lowest BCUT2D eigenvalue weighted by molar-refractivity contribution is -0.128. The maximum absolute atomic E-state index is 11.8. The summed E-state index contributed by atoms with van der Waals surface area (Å²) in [6.07, 6.45) is 0.679. The lowest BCUT2D eigenvalue weighted by Gasteiger charge is -2.18. The highest BCUT2D eigenvalue weighted by Gasteiger charge is 2.21. The molecule has 1 unspecified atom stereocenters. The molecule has 0 heterocycles. The van der Waals surface area contributed by atoms with Crippen molar-refractivity contribution in [3.8, 4) is 0 Å². The van der Waals surface area contributed by atoms with Crippen LogP contribution in [0.1, 0.15) is 36.2 Å². The first-order valence-corrected chi connectivity index (χ1v) is 6.72. The standard InChI is InChI=1S/C15H20N2O4/c1-9(2)13(14(16)19)17-12(18)8-5-10-3-6-11(7-4-10)15(20)21/h3-4,6-7,9,13H,5,8H2,1-2H3,(H2,16,19)(H,17,18)(H,20,21). The maximum Gasteiger partial charge on any atom is 0.335 e. The zero-order chi connectivity index (χ0) is 16.0. The maximum atomic E-state index is 11.8. The van der Waals surface area contributed by atoms with Crippen LogP contribution in [0.3, 0.4) is 0 Å². The predicted molar refractivity (Wildman–Crippen MR) is 77.7 cm³/mol. The molecule has 1 aromatic rings. The molecule has 1 aromatic carbocycles. The summed E-state index contributed by atoms with van der Waals surface area (Å²) in [5.41, 5.74) is 6.29. The highest BCUT2D eigenvalue weighted by molar-refractivity contribution is 5.88. The highest BCUT2D eigenvalue weighted by atomic mass is 16.4. The molecule has 0 aliphatic rings. The fourth-order valence-corrected chi connectivity index (χ4v) is 1.88. The van der Waals surface area contributed by atoms with Gasteiger partial charge in [-0.1, -0.05) is 26.0 Å². The minimum absolute atomic E-state index is 0.0682. The van der Waals surface area contributed by atoms with Crippen LogP contribution in [0.4, 0.5) is 0 Å². The van der Waals surface area contributed by atoms with E-state index in [2.05, 4.69) is 5.32 Å². The molecule has 21 heavy (non-hydrogen) atoms. The molecule has 0 bridgehead atoms. The summed E-state index contributed by atoms with van der Waals surface area (Å²) in [6, 6.07) is 5.66. The summed E-state index contributed by atoms with van der Waals surface area (Å²) in [6.45, 7) is 3.61. The van der Waals surface area contributed by atoms with Crippen molar-refractivity contribution in [2.75, 3.05) is 0 Å². The van der Waals surface area contributed by atoms with Crippen LogP contribution in [-0.4, -0.2) is 28.9 Å². The number of nitrogens with two attached hydrogens (primary N) is 1. The molecule has 114 valence electrons. The van der Waals surface area contributed by atoms with Gasteiger partial charge in [-0.3, -0.25) is 9.59 Å². The summed E-state index contributed by atoms with van der Waals surface area (Å²) in [5, 5.41) is 11.4. The number of carbonyl (C=O) groups excluding carboxylic acids is 2. The molecule has 6 nitrogen and oxygen atoms in total. The first kappa shape index (κ1) is 16.7. The summed E-state index contributed by atoms with van der Waals surface area (Å²) in [5.74, 6) is -1.86. The van der Waals surface area contributed by atoms with Crippen molar-refractivity contribution in [1.29, 1.82) is 0 Å². The first-order valence-electron chi connectivity index (χ1n) is 6.72. The lowest BCUT2D eigenvalue weighted by Crippen LogP contribution is -2.47. The monoisotopic (exact) mass is 292 g/mol. The van der Waals surface area contributed by atoms with Crippen LogP contribution in [0.2, 0.25) is 0 Å². The van der Waals surface area contributed by atoms with Crippen molar-refractivity contribution in [3.05, 3.63) is 35.4 Å². The number of carboxylic acids is 1. The van der Waals surface area contributed by atoms with E-state index in [9.17, 15) is 14.4 Å². The number of aromatic carboxylic acids is 1. The quantitative estimate of drug-likeness (QED) is 0.694. The molecule has 1 atom stereocenters. The van der Waals surface area contributed by atoms with Crippen LogP contribution < -0.4 is 11.1 Å². The van der Waals surface area contributed by atoms with Gasteiger partial charge in [0.1, 0.15) is 6.04 Å². The van der Waals surface area contributed by atoms with Gasteiger partial charge in [0.15, 0.2) is 0 Å². The minimum atomic E-state index is -0.986. The second-order valence-corrected chi connectivity index (χ2v) is 5.19. The van der Waals surface area contributed by atoms with Crippen LogP contribution in [0.25, 0.3) is 0 Å². The Hall–Kier alpha value is -2.37. The number of rotatable bonds is 7. The molecule has 0 aliphatic carbocycles. The Morgan fingerprint density at radius 2 is 1.76 bits per heavy atom. The van der Waals surface area contributed by atoms with Crippen molar-refractivity contribution >= 4 is 17.8 Å². The Labute approximate surface area is 123 Å². The van der Waals surface area contributed by atoms with Gasteiger partial charge >= 0.3 is 5.97 Å². The molecular formula is C15H20N2O4. The van der Waals surface area contributed by atoms with E-state index in [4.69, 9.17) is 10.8 Å². The van der Waals surface area contributed by atoms with Crippen LogP contribution in [0.15, 0.2) is 24.3 Å². The fourth-order valence-electron chi connectivity index (χ4n) is 1.88. The van der Waals surface area contributed by atoms with Gasteiger partial charge in [0.05, 0.1) is 5.56 Å². The number of amides is 2. The molecule has 2 amide bonds. The van der Waals surface area contributed by atoms with Gasteiger partial charge < -0.3 is 16.2 Å². The largest absolute Gasteiger partial charge is 0.478 e. The van der Waals surface area contributed by atoms with E-state index in [0.717, 1.165) is 5.56 Å². The summed E-state index contributed by atoms with van der Waals surface area (Å²) in [7, 11) is 0. The van der Waals surface area contributed by atoms with Gasteiger partial charge in [-0.05, 0) is 30.0 Å². The van der Waals surface area contributed by atoms with Gasteiger partial charge in [0.2, 0.25) is 11.8 Å². The summed E-state index contributed by atoms with van der Waals surface area (Å²) in [4.78, 5) is 33.7. The van der Waals surface area contributed by atoms with Crippen molar-refractivity contribution < 1.29 is 19.5 Å². The molecule has 4 N–H and O–H groups in total. The van der Waals surface area contributed by atoms with E-state index in [1.807, 2.05) is 0 Å². The number of hydrogen-bond acceptors (Lipinski definition) is 3. The third kappa shape index (κ3) is 5.25. The van der Waals surface area contributed by atoms with Crippen LogP contribution in [0, 0.1) is 5.92 Å². The summed E-state index contributed by atoms with van der Waals surface area (Å²) >= 11 is 0. The number of primary amides is 1. The molecule has 0 aliphatic heterocycles. The smallest absolute Gasteiger partial charge is 0.335 e. The lowest BCUT2D eigenvalue weighted by atomic mass is 10.0. The second-order valence-electron chi connectivity index (χ2n) is 5.19. The normalized spacial score (nSPS) is 12.0. The number of aryl methyl sites for hydroxylation is 1. The number of nitrogens with one attached hydrogen (secondary N) is 1. The van der Waals surface area contributed by atoms with Crippen LogP contribution in [0.5, 0.6) is 0 Å². The van der Waals surface area contributed by atoms with Crippen LogP contribution >= 0.6 is 0 Å².